The second kappa shape index (κ2) is 52.3. The zero-order valence-electron chi connectivity index (χ0n) is 42.1. The van der Waals surface area contributed by atoms with Gasteiger partial charge in [0.25, 0.3) is 0 Å². The molecule has 63 heavy (non-hydrogen) atoms. The van der Waals surface area contributed by atoms with Crippen molar-refractivity contribution in [2.45, 2.75) is 297 Å². The molecule has 0 aromatic heterocycles. The monoisotopic (exact) mass is 885 g/mol. The fraction of sp³-hybridized carbons (Fsp3) is 0.842. The molecule has 0 heterocycles. The van der Waals surface area contributed by atoms with Gasteiger partial charge in [0.05, 0.1) is 0 Å². The van der Waals surface area contributed by atoms with Gasteiger partial charge in [0.2, 0.25) is 0 Å². The summed E-state index contributed by atoms with van der Waals surface area (Å²) in [7, 11) is 0. The van der Waals surface area contributed by atoms with Crippen LogP contribution in [0.2, 0.25) is 0 Å². The Morgan fingerprint density at radius 2 is 0.571 bits per heavy atom. The summed E-state index contributed by atoms with van der Waals surface area (Å²) in [5.74, 6) is -0.887. The number of rotatable bonds is 50. The summed E-state index contributed by atoms with van der Waals surface area (Å²) in [6, 6.07) is 0. The molecule has 0 fully saturated rings. The number of hydrogen-bond donors (Lipinski definition) is 0. The highest BCUT2D eigenvalue weighted by Crippen LogP contribution is 2.16. The van der Waals surface area contributed by atoms with E-state index in [9.17, 15) is 14.4 Å². The average molecular weight is 885 g/mol. The molecule has 0 saturated heterocycles. The summed E-state index contributed by atoms with van der Waals surface area (Å²) in [5.41, 5.74) is 0. The first kappa shape index (κ1) is 60.6. The Morgan fingerprint density at radius 1 is 0.317 bits per heavy atom. The van der Waals surface area contributed by atoms with E-state index in [2.05, 4.69) is 57.2 Å². The third-order valence-electron chi connectivity index (χ3n) is 12.1. The van der Waals surface area contributed by atoms with Gasteiger partial charge in [0, 0.05) is 19.3 Å². The Bertz CT molecular complexity index is 1060. The lowest BCUT2D eigenvalue weighted by Crippen LogP contribution is -2.30. The Labute approximate surface area is 391 Å². The van der Waals surface area contributed by atoms with E-state index in [0.717, 1.165) is 77.0 Å². The number of unbranched alkanes of at least 4 members (excludes halogenated alkanes) is 33. The first-order chi connectivity index (χ1) is 31.0. The van der Waals surface area contributed by atoms with Crippen molar-refractivity contribution in [1.82, 2.24) is 0 Å². The van der Waals surface area contributed by atoms with Gasteiger partial charge in [0.1, 0.15) is 13.2 Å². The van der Waals surface area contributed by atoms with Gasteiger partial charge in [-0.15, -0.1) is 0 Å². The summed E-state index contributed by atoms with van der Waals surface area (Å²) in [5, 5.41) is 0. The molecule has 0 saturated carbocycles. The van der Waals surface area contributed by atoms with E-state index in [1.807, 2.05) is 0 Å². The minimum atomic E-state index is -0.769. The Balaban J connectivity index is 3.99. The molecule has 6 heteroatoms. The molecule has 0 rings (SSSR count). The average Bonchev–Trinajstić information content (AvgIpc) is 3.28. The Morgan fingerprint density at radius 3 is 0.905 bits per heavy atom. The van der Waals surface area contributed by atoms with Crippen molar-refractivity contribution in [1.29, 1.82) is 0 Å². The van der Waals surface area contributed by atoms with Gasteiger partial charge in [-0.3, -0.25) is 14.4 Å². The topological polar surface area (TPSA) is 78.9 Å². The number of carbonyl (C=O) groups excluding carboxylic acids is 3. The van der Waals surface area contributed by atoms with Crippen LogP contribution in [0, 0.1) is 0 Å². The SMILES string of the molecule is CCCCCC/C=C\CCCCCCCC(=O)OC(COC(=O)CCCCCCC)COC(=O)CCCCCCCCCCCCCCCCC/C=C\C/C=C\CCCCCCC. The lowest BCUT2D eigenvalue weighted by Gasteiger charge is -2.18. The van der Waals surface area contributed by atoms with E-state index in [0.29, 0.717) is 19.3 Å². The van der Waals surface area contributed by atoms with Crippen molar-refractivity contribution in [2.24, 2.45) is 0 Å². The van der Waals surface area contributed by atoms with E-state index in [4.69, 9.17) is 14.2 Å². The molecule has 0 aliphatic heterocycles. The molecule has 0 aromatic carbocycles. The smallest absolute Gasteiger partial charge is 0.306 e. The van der Waals surface area contributed by atoms with Gasteiger partial charge < -0.3 is 14.2 Å². The maximum atomic E-state index is 12.7. The van der Waals surface area contributed by atoms with Gasteiger partial charge in [0.15, 0.2) is 6.10 Å². The zero-order chi connectivity index (χ0) is 45.8. The minimum absolute atomic E-state index is 0.0733. The van der Waals surface area contributed by atoms with Gasteiger partial charge in [-0.05, 0) is 77.0 Å². The lowest BCUT2D eigenvalue weighted by molar-refractivity contribution is -0.167. The van der Waals surface area contributed by atoms with Crippen LogP contribution in [-0.2, 0) is 28.6 Å². The summed E-state index contributed by atoms with van der Waals surface area (Å²) in [4.78, 5) is 37.6. The van der Waals surface area contributed by atoms with E-state index in [-0.39, 0.29) is 31.1 Å². The molecule has 0 bridgehead atoms. The van der Waals surface area contributed by atoms with Gasteiger partial charge in [-0.25, -0.2) is 0 Å². The molecule has 0 N–H and O–H groups in total. The summed E-state index contributed by atoms with van der Waals surface area (Å²) in [6.07, 6.45) is 61.9. The summed E-state index contributed by atoms with van der Waals surface area (Å²) >= 11 is 0. The molecule has 0 aromatic rings. The first-order valence-electron chi connectivity index (χ1n) is 27.5. The first-order valence-corrected chi connectivity index (χ1v) is 27.5. The predicted molar refractivity (Wildman–Crippen MR) is 270 cm³/mol. The molecule has 0 aliphatic carbocycles. The predicted octanol–water partition coefficient (Wildman–Crippen LogP) is 18.1. The highest BCUT2D eigenvalue weighted by atomic mass is 16.6. The van der Waals surface area contributed by atoms with Crippen LogP contribution in [0.25, 0.3) is 0 Å². The van der Waals surface area contributed by atoms with Crippen LogP contribution in [0.5, 0.6) is 0 Å². The normalized spacial score (nSPS) is 12.2. The quantitative estimate of drug-likeness (QED) is 0.0262. The fourth-order valence-corrected chi connectivity index (χ4v) is 7.94. The van der Waals surface area contributed by atoms with Crippen molar-refractivity contribution in [3.8, 4) is 0 Å². The summed E-state index contributed by atoms with van der Waals surface area (Å²) in [6.45, 7) is 6.54. The third-order valence-corrected chi connectivity index (χ3v) is 12.1. The second-order valence-electron chi connectivity index (χ2n) is 18.5. The summed E-state index contributed by atoms with van der Waals surface area (Å²) < 4.78 is 16.7. The molecule has 1 atom stereocenters. The molecule has 368 valence electrons. The zero-order valence-corrected chi connectivity index (χ0v) is 42.1. The van der Waals surface area contributed by atoms with Crippen molar-refractivity contribution in [2.75, 3.05) is 13.2 Å². The molecular formula is C57H104O6. The van der Waals surface area contributed by atoms with E-state index < -0.39 is 6.10 Å². The number of hydrogen-bond acceptors (Lipinski definition) is 6. The molecule has 0 amide bonds. The van der Waals surface area contributed by atoms with Crippen molar-refractivity contribution in [3.05, 3.63) is 36.5 Å². The molecule has 6 nitrogen and oxygen atoms in total. The number of esters is 3. The molecule has 0 spiro atoms. The maximum absolute atomic E-state index is 12.7. The van der Waals surface area contributed by atoms with Crippen molar-refractivity contribution >= 4 is 17.9 Å². The number of carbonyl (C=O) groups is 3. The molecule has 0 aliphatic rings. The van der Waals surface area contributed by atoms with Gasteiger partial charge >= 0.3 is 17.9 Å². The lowest BCUT2D eigenvalue weighted by atomic mass is 10.0. The van der Waals surface area contributed by atoms with Gasteiger partial charge in [-0.1, -0.05) is 231 Å². The molecule has 0 radical (unpaired) electrons. The Kier molecular flexibility index (Phi) is 50.3. The van der Waals surface area contributed by atoms with Crippen LogP contribution in [0.3, 0.4) is 0 Å². The standard InChI is InChI=1S/C57H104O6/c1-4-7-10-13-15-17-19-21-22-23-24-25-26-27-28-29-30-31-32-33-34-36-37-39-41-44-47-50-56(59)62-53-54(52-61-55(58)49-46-43-12-9-6-3)63-57(60)51-48-45-42-40-38-35-20-18-16-14-11-8-5-2/h18-21,23-24,54H,4-17,22,25-53H2,1-3H3/b20-18-,21-19-,24-23-. The largest absolute Gasteiger partial charge is 0.462 e. The van der Waals surface area contributed by atoms with Crippen LogP contribution in [0.4, 0.5) is 0 Å². The highest BCUT2D eigenvalue weighted by molar-refractivity contribution is 5.71. The van der Waals surface area contributed by atoms with E-state index in [1.54, 1.807) is 0 Å². The van der Waals surface area contributed by atoms with Crippen LogP contribution in [0.15, 0.2) is 36.5 Å². The van der Waals surface area contributed by atoms with Gasteiger partial charge in [-0.2, -0.15) is 0 Å². The van der Waals surface area contributed by atoms with E-state index >= 15 is 0 Å². The number of allylic oxidation sites excluding steroid dienone is 6. The second-order valence-corrected chi connectivity index (χ2v) is 18.5. The third kappa shape index (κ3) is 50.5. The van der Waals surface area contributed by atoms with Crippen LogP contribution < -0.4 is 0 Å². The highest BCUT2D eigenvalue weighted by Gasteiger charge is 2.19. The van der Waals surface area contributed by atoms with Crippen LogP contribution in [0.1, 0.15) is 290 Å². The maximum Gasteiger partial charge on any atom is 0.306 e. The van der Waals surface area contributed by atoms with Crippen LogP contribution >= 0.6 is 0 Å². The molecular weight excluding hydrogens is 781 g/mol. The number of ether oxygens (including phenoxy) is 3. The van der Waals surface area contributed by atoms with Crippen molar-refractivity contribution < 1.29 is 28.6 Å². The van der Waals surface area contributed by atoms with Crippen molar-refractivity contribution in [3.63, 3.8) is 0 Å². The fourth-order valence-electron chi connectivity index (χ4n) is 7.94. The minimum Gasteiger partial charge on any atom is -0.462 e. The van der Waals surface area contributed by atoms with Crippen LogP contribution in [-0.4, -0.2) is 37.2 Å². The molecule has 1 unspecified atom stereocenters. The van der Waals surface area contributed by atoms with E-state index in [1.165, 1.54) is 173 Å². The Hall–Kier alpha value is -2.37.